The summed E-state index contributed by atoms with van der Waals surface area (Å²) in [6.45, 7) is 8.14. The van der Waals surface area contributed by atoms with Gasteiger partial charge in [-0.05, 0) is 31.5 Å². The molecule has 1 aromatic carbocycles. The van der Waals surface area contributed by atoms with Crippen molar-refractivity contribution in [2.45, 2.75) is 32.5 Å². The van der Waals surface area contributed by atoms with Crippen LogP contribution in [0.25, 0.3) is 0 Å². The van der Waals surface area contributed by atoms with E-state index in [1.807, 2.05) is 13.0 Å². The Morgan fingerprint density at radius 1 is 1.29 bits per heavy atom. The Labute approximate surface area is 143 Å². The van der Waals surface area contributed by atoms with E-state index in [1.54, 1.807) is 24.9 Å². The minimum atomic E-state index is -0.326. The second-order valence-electron chi connectivity index (χ2n) is 6.69. The van der Waals surface area contributed by atoms with Crippen molar-refractivity contribution in [3.05, 3.63) is 35.6 Å². The van der Waals surface area contributed by atoms with E-state index in [9.17, 15) is 14.3 Å². The predicted molar refractivity (Wildman–Crippen MR) is 92.0 cm³/mol. The minimum Gasteiger partial charge on any atom is -0.392 e. The van der Waals surface area contributed by atoms with Crippen LogP contribution in [0, 0.1) is 5.82 Å². The van der Waals surface area contributed by atoms with Crippen LogP contribution in [0.3, 0.4) is 0 Å². The Bertz CT molecular complexity index is 545. The molecule has 134 valence electrons. The normalized spacial score (nSPS) is 19.0. The van der Waals surface area contributed by atoms with Crippen molar-refractivity contribution in [2.75, 3.05) is 39.8 Å². The van der Waals surface area contributed by atoms with Crippen molar-refractivity contribution in [3.63, 3.8) is 0 Å². The second kappa shape index (κ2) is 8.55. The Morgan fingerprint density at radius 3 is 2.54 bits per heavy atom. The van der Waals surface area contributed by atoms with Crippen LogP contribution < -0.4 is 0 Å². The Balaban J connectivity index is 1.85. The SMILES string of the molecule is CC(O)CN1CCN(C(C)C(=O)N(C)Cc2cccc(F)c2)CC1. The molecule has 1 N–H and O–H groups in total. The lowest BCUT2D eigenvalue weighted by Gasteiger charge is -2.38. The summed E-state index contributed by atoms with van der Waals surface area (Å²) < 4.78 is 13.3. The molecule has 5 nitrogen and oxygen atoms in total. The van der Waals surface area contributed by atoms with Gasteiger partial charge >= 0.3 is 0 Å². The van der Waals surface area contributed by atoms with Crippen LogP contribution in [0.5, 0.6) is 0 Å². The number of likely N-dealkylation sites (N-methyl/N-ethyl adjacent to an activating group) is 1. The summed E-state index contributed by atoms with van der Waals surface area (Å²) in [6, 6.07) is 6.15. The Hall–Kier alpha value is -1.50. The highest BCUT2D eigenvalue weighted by molar-refractivity contribution is 5.81. The van der Waals surface area contributed by atoms with Gasteiger partial charge in [0.2, 0.25) is 5.91 Å². The van der Waals surface area contributed by atoms with Gasteiger partial charge in [0.25, 0.3) is 0 Å². The van der Waals surface area contributed by atoms with Crippen molar-refractivity contribution in [1.29, 1.82) is 0 Å². The summed E-state index contributed by atoms with van der Waals surface area (Å²) in [6.07, 6.45) is -0.326. The van der Waals surface area contributed by atoms with Crippen LogP contribution >= 0.6 is 0 Å². The van der Waals surface area contributed by atoms with Crippen LogP contribution in [-0.2, 0) is 11.3 Å². The third kappa shape index (κ3) is 5.26. The van der Waals surface area contributed by atoms with Crippen molar-refractivity contribution in [1.82, 2.24) is 14.7 Å². The molecule has 0 bridgehead atoms. The largest absolute Gasteiger partial charge is 0.392 e. The summed E-state index contributed by atoms with van der Waals surface area (Å²) in [5, 5.41) is 9.46. The number of hydrogen-bond acceptors (Lipinski definition) is 4. The van der Waals surface area contributed by atoms with Crippen LogP contribution in [0.1, 0.15) is 19.4 Å². The number of hydrogen-bond donors (Lipinski definition) is 1. The number of carbonyl (C=O) groups is 1. The maximum absolute atomic E-state index is 13.3. The first-order chi connectivity index (χ1) is 11.4. The topological polar surface area (TPSA) is 47.0 Å². The third-order valence-corrected chi connectivity index (χ3v) is 4.52. The molecule has 0 saturated carbocycles. The molecular weight excluding hydrogens is 309 g/mol. The lowest BCUT2D eigenvalue weighted by atomic mass is 10.1. The molecule has 1 saturated heterocycles. The predicted octanol–water partition coefficient (Wildman–Crippen LogP) is 1.17. The lowest BCUT2D eigenvalue weighted by Crippen LogP contribution is -2.54. The van der Waals surface area contributed by atoms with Gasteiger partial charge in [0.1, 0.15) is 5.82 Å². The molecule has 2 atom stereocenters. The molecule has 2 rings (SSSR count). The minimum absolute atomic E-state index is 0.0447. The smallest absolute Gasteiger partial charge is 0.239 e. The maximum Gasteiger partial charge on any atom is 0.239 e. The van der Waals surface area contributed by atoms with Gasteiger partial charge in [0.05, 0.1) is 12.1 Å². The summed E-state index contributed by atoms with van der Waals surface area (Å²) >= 11 is 0. The molecule has 1 fully saturated rings. The van der Waals surface area contributed by atoms with E-state index < -0.39 is 0 Å². The summed E-state index contributed by atoms with van der Waals surface area (Å²) in [5.41, 5.74) is 0.791. The molecule has 6 heteroatoms. The van der Waals surface area contributed by atoms with Crippen LogP contribution in [-0.4, -0.2) is 77.6 Å². The van der Waals surface area contributed by atoms with Crippen LogP contribution in [0.2, 0.25) is 0 Å². The molecule has 1 heterocycles. The van der Waals surface area contributed by atoms with Gasteiger partial charge in [-0.25, -0.2) is 4.39 Å². The molecule has 0 aliphatic carbocycles. The van der Waals surface area contributed by atoms with Crippen molar-refractivity contribution in [3.8, 4) is 0 Å². The molecule has 2 unspecified atom stereocenters. The van der Waals surface area contributed by atoms with E-state index in [0.717, 1.165) is 31.7 Å². The molecular formula is C18H28FN3O2. The Kier molecular flexibility index (Phi) is 6.71. The van der Waals surface area contributed by atoms with Gasteiger partial charge in [0, 0.05) is 46.3 Å². The standard InChI is InChI=1S/C18H28FN3O2/c1-14(23)12-21-7-9-22(10-8-21)15(2)18(24)20(3)13-16-5-4-6-17(19)11-16/h4-6,11,14-15,23H,7-10,12-13H2,1-3H3. The zero-order valence-corrected chi connectivity index (χ0v) is 14.8. The molecule has 1 aromatic rings. The fourth-order valence-corrected chi connectivity index (χ4v) is 3.17. The number of rotatable bonds is 6. The lowest BCUT2D eigenvalue weighted by molar-refractivity contribution is -0.136. The molecule has 1 aliphatic heterocycles. The van der Waals surface area contributed by atoms with E-state index >= 15 is 0 Å². The first kappa shape index (κ1) is 18.8. The van der Waals surface area contributed by atoms with Crippen molar-refractivity contribution < 1.29 is 14.3 Å². The van der Waals surface area contributed by atoms with Crippen LogP contribution in [0.4, 0.5) is 4.39 Å². The number of aliphatic hydroxyl groups is 1. The third-order valence-electron chi connectivity index (χ3n) is 4.52. The number of amides is 1. The number of β-amino-alcohol motifs (C(OH)–C–C–N with tert-alkyl or cyclic N) is 1. The number of benzene rings is 1. The van der Waals surface area contributed by atoms with E-state index in [2.05, 4.69) is 9.80 Å². The molecule has 24 heavy (non-hydrogen) atoms. The van der Waals surface area contributed by atoms with Gasteiger partial charge in [0.15, 0.2) is 0 Å². The summed E-state index contributed by atoms with van der Waals surface area (Å²) in [4.78, 5) is 18.7. The first-order valence-electron chi connectivity index (χ1n) is 8.50. The average Bonchev–Trinajstić information content (AvgIpc) is 2.53. The number of nitrogens with zero attached hydrogens (tertiary/aromatic N) is 3. The average molecular weight is 337 g/mol. The van der Waals surface area contributed by atoms with Crippen molar-refractivity contribution in [2.24, 2.45) is 0 Å². The van der Waals surface area contributed by atoms with Gasteiger partial charge < -0.3 is 10.0 Å². The molecule has 1 amide bonds. The second-order valence-corrected chi connectivity index (χ2v) is 6.69. The van der Waals surface area contributed by atoms with Gasteiger partial charge in [-0.15, -0.1) is 0 Å². The fraction of sp³-hybridized carbons (Fsp3) is 0.611. The van der Waals surface area contributed by atoms with Gasteiger partial charge in [-0.1, -0.05) is 12.1 Å². The molecule has 0 radical (unpaired) electrons. The molecule has 0 aromatic heterocycles. The van der Waals surface area contributed by atoms with Crippen LogP contribution in [0.15, 0.2) is 24.3 Å². The Morgan fingerprint density at radius 2 is 1.96 bits per heavy atom. The number of halogens is 1. The number of carbonyl (C=O) groups excluding carboxylic acids is 1. The summed E-state index contributed by atoms with van der Waals surface area (Å²) in [5.74, 6) is -0.237. The highest BCUT2D eigenvalue weighted by atomic mass is 19.1. The summed E-state index contributed by atoms with van der Waals surface area (Å²) in [7, 11) is 1.76. The van der Waals surface area contributed by atoms with E-state index in [4.69, 9.17) is 0 Å². The van der Waals surface area contributed by atoms with Gasteiger partial charge in [-0.2, -0.15) is 0 Å². The van der Waals surface area contributed by atoms with E-state index in [1.165, 1.54) is 12.1 Å². The number of aliphatic hydroxyl groups excluding tert-OH is 1. The van der Waals surface area contributed by atoms with Crippen molar-refractivity contribution >= 4 is 5.91 Å². The van der Waals surface area contributed by atoms with E-state index in [0.29, 0.717) is 13.1 Å². The maximum atomic E-state index is 13.3. The van der Waals surface area contributed by atoms with E-state index in [-0.39, 0.29) is 23.9 Å². The zero-order valence-electron chi connectivity index (χ0n) is 14.8. The number of piperazine rings is 1. The highest BCUT2D eigenvalue weighted by Gasteiger charge is 2.27. The molecule has 1 aliphatic rings. The fourth-order valence-electron chi connectivity index (χ4n) is 3.17. The first-order valence-corrected chi connectivity index (χ1v) is 8.50. The highest BCUT2D eigenvalue weighted by Crippen LogP contribution is 2.12. The van der Waals surface area contributed by atoms with Gasteiger partial charge in [-0.3, -0.25) is 14.6 Å². The quantitative estimate of drug-likeness (QED) is 0.847. The monoisotopic (exact) mass is 337 g/mol. The zero-order chi connectivity index (χ0) is 17.7. The molecule has 0 spiro atoms.